The highest BCUT2D eigenvalue weighted by Gasteiger charge is 2.43. The molecule has 4 atom stereocenters. The highest BCUT2D eigenvalue weighted by Crippen LogP contribution is 2.37. The van der Waals surface area contributed by atoms with Crippen molar-refractivity contribution >= 4 is 17.6 Å². The number of halogens is 2. The van der Waals surface area contributed by atoms with Gasteiger partial charge in [0, 0.05) is 30.9 Å². The maximum absolute atomic E-state index is 14.5. The van der Waals surface area contributed by atoms with E-state index in [-0.39, 0.29) is 17.9 Å². The molecule has 2 N–H and O–H groups in total. The number of hydrogen-bond donors (Lipinski definition) is 2. The predicted octanol–water partition coefficient (Wildman–Crippen LogP) is 5.12. The molecule has 2 amide bonds. The van der Waals surface area contributed by atoms with Gasteiger partial charge in [-0.3, -0.25) is 14.9 Å². The van der Waals surface area contributed by atoms with Gasteiger partial charge in [0.05, 0.1) is 6.33 Å². The number of nitrogens with one attached hydrogen (secondary N) is 2. The smallest absolute Gasteiger partial charge is 0.248 e. The molecule has 6 rings (SSSR count). The van der Waals surface area contributed by atoms with Crippen LogP contribution in [0.5, 0.6) is 0 Å². The van der Waals surface area contributed by atoms with E-state index in [4.69, 9.17) is 0 Å². The van der Waals surface area contributed by atoms with Crippen LogP contribution in [0.15, 0.2) is 55.0 Å². The standard InChI is InChI=1S/C32H37F2N5O2/c1-32(2,31(41)39-17-20-7-6-10-25(39)13-20)38-18-28(35-19-38)37-30(40)29(21-8-4-3-5-9-21)36-24-12-11-22-14-23(33)15-27(34)26(22)16-24/h3-5,8-9,14-15,18-20,24-25,29,36H,6-7,10-13,16-17H2,1-2H3,(H,37,40)/t20-,24?,25+,29-/m0/s1. The number of benzene rings is 2. The minimum absolute atomic E-state index is 0.0794. The minimum Gasteiger partial charge on any atom is -0.337 e. The first-order chi connectivity index (χ1) is 19.7. The van der Waals surface area contributed by atoms with Crippen LogP contribution < -0.4 is 10.6 Å². The van der Waals surface area contributed by atoms with E-state index in [1.54, 1.807) is 17.1 Å². The number of fused-ring (bicyclic) bond motifs is 3. The van der Waals surface area contributed by atoms with Crippen molar-refractivity contribution in [3.8, 4) is 0 Å². The lowest BCUT2D eigenvalue weighted by atomic mass is 9.87. The molecule has 2 fully saturated rings. The normalized spacial score (nSPS) is 22.7. The number of anilines is 1. The fourth-order valence-corrected chi connectivity index (χ4v) is 6.87. The number of carbonyl (C=O) groups excluding carboxylic acids is 2. The van der Waals surface area contributed by atoms with Crippen molar-refractivity contribution in [2.75, 3.05) is 11.9 Å². The summed E-state index contributed by atoms with van der Waals surface area (Å²) in [4.78, 5) is 33.7. The second-order valence-corrected chi connectivity index (χ2v) is 12.3. The third-order valence-electron chi connectivity index (χ3n) is 9.18. The molecule has 2 heterocycles. The van der Waals surface area contributed by atoms with Crippen molar-refractivity contribution in [1.82, 2.24) is 19.8 Å². The molecule has 1 saturated carbocycles. The van der Waals surface area contributed by atoms with Gasteiger partial charge in [0.2, 0.25) is 11.8 Å². The summed E-state index contributed by atoms with van der Waals surface area (Å²) in [5.74, 6) is -0.382. The molecule has 3 aromatic rings. The van der Waals surface area contributed by atoms with Gasteiger partial charge in [-0.05, 0) is 81.0 Å². The van der Waals surface area contributed by atoms with Gasteiger partial charge in [-0.25, -0.2) is 13.8 Å². The fraction of sp³-hybridized carbons (Fsp3) is 0.469. The Labute approximate surface area is 239 Å². The molecule has 41 heavy (non-hydrogen) atoms. The van der Waals surface area contributed by atoms with Gasteiger partial charge in [0.1, 0.15) is 23.2 Å². The Balaban J connectivity index is 1.17. The first-order valence-electron chi connectivity index (χ1n) is 14.6. The van der Waals surface area contributed by atoms with E-state index >= 15 is 0 Å². The van der Waals surface area contributed by atoms with Crippen LogP contribution in [0.3, 0.4) is 0 Å². The van der Waals surface area contributed by atoms with Crippen molar-refractivity contribution in [3.63, 3.8) is 0 Å². The Kier molecular flexibility index (Phi) is 7.40. The zero-order chi connectivity index (χ0) is 28.7. The molecular formula is C32H37F2N5O2. The summed E-state index contributed by atoms with van der Waals surface area (Å²) in [6.07, 6.45) is 9.37. The summed E-state index contributed by atoms with van der Waals surface area (Å²) in [5, 5.41) is 6.34. The molecular weight excluding hydrogens is 524 g/mol. The lowest BCUT2D eigenvalue weighted by Gasteiger charge is -2.33. The van der Waals surface area contributed by atoms with Gasteiger partial charge >= 0.3 is 0 Å². The van der Waals surface area contributed by atoms with Crippen molar-refractivity contribution in [2.45, 2.75) is 82.5 Å². The summed E-state index contributed by atoms with van der Waals surface area (Å²) in [6, 6.07) is 11.1. The SMILES string of the molecule is CC(C)(C(=O)N1C[C@H]2CCC[C@@H]1C2)n1cnc(NC(=O)[C@@H](NC2CCc3cc(F)cc(F)c3C2)c2ccccc2)c1. The van der Waals surface area contributed by atoms with E-state index in [2.05, 4.69) is 15.6 Å². The molecule has 216 valence electrons. The Morgan fingerprint density at radius 2 is 1.90 bits per heavy atom. The number of carbonyl (C=O) groups is 2. The quantitative estimate of drug-likeness (QED) is 0.420. The van der Waals surface area contributed by atoms with Gasteiger partial charge in [0.25, 0.3) is 0 Å². The van der Waals surface area contributed by atoms with Gasteiger partial charge < -0.3 is 14.8 Å². The maximum atomic E-state index is 14.5. The number of hydrogen-bond acceptors (Lipinski definition) is 4. The predicted molar refractivity (Wildman–Crippen MR) is 152 cm³/mol. The van der Waals surface area contributed by atoms with Crippen LogP contribution in [0, 0.1) is 17.6 Å². The molecule has 2 bridgehead atoms. The summed E-state index contributed by atoms with van der Waals surface area (Å²) < 4.78 is 30.0. The zero-order valence-electron chi connectivity index (χ0n) is 23.6. The molecule has 7 nitrogen and oxygen atoms in total. The van der Waals surface area contributed by atoms with E-state index in [0.717, 1.165) is 31.0 Å². The summed E-state index contributed by atoms with van der Waals surface area (Å²) in [6.45, 7) is 4.61. The lowest BCUT2D eigenvalue weighted by molar-refractivity contribution is -0.140. The van der Waals surface area contributed by atoms with Crippen LogP contribution in [0.2, 0.25) is 0 Å². The number of aromatic nitrogens is 2. The third-order valence-corrected chi connectivity index (χ3v) is 9.18. The highest BCUT2D eigenvalue weighted by atomic mass is 19.1. The van der Waals surface area contributed by atoms with Crippen molar-refractivity contribution in [3.05, 3.63) is 83.3 Å². The Hall–Kier alpha value is -3.59. The molecule has 9 heteroatoms. The zero-order valence-corrected chi connectivity index (χ0v) is 23.6. The molecule has 1 saturated heterocycles. The van der Waals surface area contributed by atoms with E-state index in [1.807, 2.05) is 49.1 Å². The Bertz CT molecular complexity index is 1440. The van der Waals surface area contributed by atoms with E-state index in [0.29, 0.717) is 48.2 Å². The topological polar surface area (TPSA) is 79.3 Å². The molecule has 1 aliphatic heterocycles. The largest absolute Gasteiger partial charge is 0.337 e. The van der Waals surface area contributed by atoms with Crippen LogP contribution in [-0.4, -0.2) is 44.9 Å². The summed E-state index contributed by atoms with van der Waals surface area (Å²) in [5.41, 5.74) is 1.10. The number of aryl methyl sites for hydroxylation is 1. The number of nitrogens with zero attached hydrogens (tertiary/aromatic N) is 3. The average Bonchev–Trinajstić information content (AvgIpc) is 3.55. The van der Waals surface area contributed by atoms with Crippen molar-refractivity contribution in [1.29, 1.82) is 0 Å². The van der Waals surface area contributed by atoms with Crippen LogP contribution >= 0.6 is 0 Å². The molecule has 0 radical (unpaired) electrons. The molecule has 2 aromatic carbocycles. The summed E-state index contributed by atoms with van der Waals surface area (Å²) >= 11 is 0. The second kappa shape index (κ2) is 11.0. The van der Waals surface area contributed by atoms with Crippen LogP contribution in [0.1, 0.15) is 68.7 Å². The monoisotopic (exact) mass is 561 g/mol. The first-order valence-corrected chi connectivity index (χ1v) is 14.6. The van der Waals surface area contributed by atoms with Crippen molar-refractivity contribution < 1.29 is 18.4 Å². The van der Waals surface area contributed by atoms with Crippen LogP contribution in [0.4, 0.5) is 14.6 Å². The van der Waals surface area contributed by atoms with Crippen LogP contribution in [0.25, 0.3) is 0 Å². The lowest BCUT2D eigenvalue weighted by Crippen LogP contribution is -2.48. The van der Waals surface area contributed by atoms with E-state index in [9.17, 15) is 18.4 Å². The molecule has 1 aromatic heterocycles. The number of amides is 2. The number of imidazole rings is 1. The van der Waals surface area contributed by atoms with Crippen LogP contribution in [-0.2, 0) is 28.0 Å². The van der Waals surface area contributed by atoms with Gasteiger partial charge in [-0.2, -0.15) is 0 Å². The third kappa shape index (κ3) is 5.52. The van der Waals surface area contributed by atoms with E-state index in [1.165, 1.54) is 18.9 Å². The Morgan fingerprint density at radius 3 is 2.68 bits per heavy atom. The summed E-state index contributed by atoms with van der Waals surface area (Å²) in [7, 11) is 0. The molecule has 3 aliphatic rings. The minimum atomic E-state index is -0.844. The maximum Gasteiger partial charge on any atom is 0.248 e. The number of rotatable bonds is 7. The molecule has 1 unspecified atom stereocenters. The fourth-order valence-electron chi connectivity index (χ4n) is 6.87. The Morgan fingerprint density at radius 1 is 1.10 bits per heavy atom. The average molecular weight is 562 g/mol. The second-order valence-electron chi connectivity index (χ2n) is 12.3. The number of likely N-dealkylation sites (tertiary alicyclic amines) is 1. The molecule has 2 aliphatic carbocycles. The van der Waals surface area contributed by atoms with Gasteiger partial charge in [0.15, 0.2) is 5.82 Å². The van der Waals surface area contributed by atoms with Crippen molar-refractivity contribution in [2.24, 2.45) is 5.92 Å². The highest BCUT2D eigenvalue weighted by molar-refractivity contribution is 5.95. The van der Waals surface area contributed by atoms with E-state index < -0.39 is 23.2 Å². The van der Waals surface area contributed by atoms with Gasteiger partial charge in [-0.15, -0.1) is 0 Å². The first kappa shape index (κ1) is 27.6. The van der Waals surface area contributed by atoms with Gasteiger partial charge in [-0.1, -0.05) is 36.8 Å². The molecule has 0 spiro atoms.